The summed E-state index contributed by atoms with van der Waals surface area (Å²) in [5.41, 5.74) is 0.598. The van der Waals surface area contributed by atoms with Crippen molar-refractivity contribution in [1.29, 1.82) is 0 Å². The molecule has 6 nitrogen and oxygen atoms in total. The van der Waals surface area contributed by atoms with Gasteiger partial charge < -0.3 is 10.2 Å². The third kappa shape index (κ3) is 2.95. The molecule has 2 heterocycles. The fourth-order valence-electron chi connectivity index (χ4n) is 2.55. The molecule has 1 aliphatic rings. The van der Waals surface area contributed by atoms with Gasteiger partial charge in [-0.15, -0.1) is 0 Å². The number of hydrogen-bond acceptors (Lipinski definition) is 4. The summed E-state index contributed by atoms with van der Waals surface area (Å²) in [6.07, 6.45) is 1.86. The molecule has 1 amide bonds. The second kappa shape index (κ2) is 6.05. The van der Waals surface area contributed by atoms with Crippen molar-refractivity contribution >= 4 is 16.8 Å². The van der Waals surface area contributed by atoms with Crippen molar-refractivity contribution < 1.29 is 4.79 Å². The Kier molecular flexibility index (Phi) is 3.96. The first-order valence-electron chi connectivity index (χ1n) is 7.18. The van der Waals surface area contributed by atoms with Gasteiger partial charge in [-0.1, -0.05) is 12.1 Å². The van der Waals surface area contributed by atoms with Crippen LogP contribution in [0.15, 0.2) is 35.4 Å². The summed E-state index contributed by atoms with van der Waals surface area (Å²) in [5, 5.41) is 3.81. The van der Waals surface area contributed by atoms with Gasteiger partial charge in [-0.25, -0.2) is 4.98 Å². The van der Waals surface area contributed by atoms with E-state index in [1.165, 1.54) is 10.9 Å². The molecular formula is C15H18N4O2. The zero-order chi connectivity index (χ0) is 14.7. The van der Waals surface area contributed by atoms with Crippen LogP contribution in [0.5, 0.6) is 0 Å². The Bertz CT molecular complexity index is 704. The molecule has 1 N–H and O–H groups in total. The second-order valence-corrected chi connectivity index (χ2v) is 5.14. The topological polar surface area (TPSA) is 67.2 Å². The summed E-state index contributed by atoms with van der Waals surface area (Å²) < 4.78 is 1.52. The van der Waals surface area contributed by atoms with Gasteiger partial charge >= 0.3 is 0 Å². The molecule has 1 fully saturated rings. The second-order valence-electron chi connectivity index (χ2n) is 5.14. The summed E-state index contributed by atoms with van der Waals surface area (Å²) in [4.78, 5) is 30.5. The van der Waals surface area contributed by atoms with Crippen LogP contribution < -0.4 is 10.9 Å². The number of nitrogens with zero attached hydrogens (tertiary/aromatic N) is 3. The number of aryl methyl sites for hydroxylation is 1. The highest BCUT2D eigenvalue weighted by atomic mass is 16.2. The summed E-state index contributed by atoms with van der Waals surface area (Å²) in [5.74, 6) is 0.0940. The van der Waals surface area contributed by atoms with Crippen LogP contribution in [0.25, 0.3) is 10.9 Å². The largest absolute Gasteiger partial charge is 0.340 e. The predicted molar refractivity (Wildman–Crippen MR) is 80.1 cm³/mol. The van der Waals surface area contributed by atoms with Crippen LogP contribution in [0.1, 0.15) is 6.42 Å². The van der Waals surface area contributed by atoms with Crippen molar-refractivity contribution in [1.82, 2.24) is 19.8 Å². The number of para-hydroxylation sites is 1. The van der Waals surface area contributed by atoms with Crippen molar-refractivity contribution in [3.8, 4) is 0 Å². The Hall–Kier alpha value is -2.21. The molecule has 0 radical (unpaired) electrons. The van der Waals surface area contributed by atoms with Gasteiger partial charge in [0.2, 0.25) is 5.91 Å². The zero-order valence-corrected chi connectivity index (χ0v) is 11.8. The minimum absolute atomic E-state index is 0.0892. The van der Waals surface area contributed by atoms with Gasteiger partial charge in [0.05, 0.1) is 17.2 Å². The van der Waals surface area contributed by atoms with Crippen LogP contribution >= 0.6 is 0 Å². The molecule has 3 rings (SSSR count). The highest BCUT2D eigenvalue weighted by molar-refractivity contribution is 5.77. The molecule has 1 aromatic heterocycles. The highest BCUT2D eigenvalue weighted by Crippen LogP contribution is 2.05. The third-order valence-corrected chi connectivity index (χ3v) is 3.77. The number of fused-ring (bicyclic) bond motifs is 1. The fourth-order valence-corrected chi connectivity index (χ4v) is 2.55. The number of amides is 1. The van der Waals surface area contributed by atoms with E-state index >= 15 is 0 Å². The third-order valence-electron chi connectivity index (χ3n) is 3.77. The maximum Gasteiger partial charge on any atom is 0.261 e. The molecule has 0 aliphatic carbocycles. The smallest absolute Gasteiger partial charge is 0.261 e. The predicted octanol–water partition coefficient (Wildman–Crippen LogP) is 0.218. The lowest BCUT2D eigenvalue weighted by molar-refractivity contribution is -0.132. The first-order valence-corrected chi connectivity index (χ1v) is 7.18. The van der Waals surface area contributed by atoms with Crippen LogP contribution in [-0.2, 0) is 11.3 Å². The quantitative estimate of drug-likeness (QED) is 0.876. The van der Waals surface area contributed by atoms with Gasteiger partial charge in [0, 0.05) is 39.1 Å². The molecule has 21 heavy (non-hydrogen) atoms. The van der Waals surface area contributed by atoms with Gasteiger partial charge in [-0.3, -0.25) is 14.2 Å². The SMILES string of the molecule is O=C(CCn1cnc2ccccc2c1=O)N1CCNCC1. The van der Waals surface area contributed by atoms with E-state index in [0.29, 0.717) is 23.9 Å². The van der Waals surface area contributed by atoms with E-state index in [4.69, 9.17) is 0 Å². The Balaban J connectivity index is 1.72. The summed E-state index contributed by atoms with van der Waals surface area (Å²) in [6, 6.07) is 7.25. The maximum atomic E-state index is 12.3. The van der Waals surface area contributed by atoms with Crippen molar-refractivity contribution in [3.05, 3.63) is 40.9 Å². The average molecular weight is 286 g/mol. The Labute approximate surface area is 122 Å². The molecular weight excluding hydrogens is 268 g/mol. The normalized spacial score (nSPS) is 15.3. The van der Waals surface area contributed by atoms with E-state index in [9.17, 15) is 9.59 Å². The van der Waals surface area contributed by atoms with E-state index < -0.39 is 0 Å². The molecule has 0 spiro atoms. The molecule has 2 aromatic rings. The number of piperazine rings is 1. The van der Waals surface area contributed by atoms with Gasteiger partial charge in [0.25, 0.3) is 5.56 Å². The Morgan fingerprint density at radius 2 is 2.00 bits per heavy atom. The molecule has 0 unspecified atom stereocenters. The lowest BCUT2D eigenvalue weighted by Gasteiger charge is -2.27. The van der Waals surface area contributed by atoms with Gasteiger partial charge in [-0.2, -0.15) is 0 Å². The number of aromatic nitrogens is 2. The van der Waals surface area contributed by atoms with Gasteiger partial charge in [-0.05, 0) is 12.1 Å². The van der Waals surface area contributed by atoms with Crippen LogP contribution in [0.2, 0.25) is 0 Å². The van der Waals surface area contributed by atoms with Crippen LogP contribution in [-0.4, -0.2) is 46.5 Å². The zero-order valence-electron chi connectivity index (χ0n) is 11.8. The summed E-state index contributed by atoms with van der Waals surface area (Å²) >= 11 is 0. The van der Waals surface area contributed by atoms with Crippen molar-refractivity contribution in [2.24, 2.45) is 0 Å². The lowest BCUT2D eigenvalue weighted by Crippen LogP contribution is -2.46. The first-order chi connectivity index (χ1) is 10.3. The number of benzene rings is 1. The number of carbonyl (C=O) groups excluding carboxylic acids is 1. The summed E-state index contributed by atoms with van der Waals surface area (Å²) in [6.45, 7) is 3.53. The van der Waals surface area contributed by atoms with Gasteiger partial charge in [0.15, 0.2) is 0 Å². The van der Waals surface area contributed by atoms with E-state index in [-0.39, 0.29) is 11.5 Å². The molecule has 0 atom stereocenters. The molecule has 1 saturated heterocycles. The minimum Gasteiger partial charge on any atom is -0.340 e. The molecule has 0 bridgehead atoms. The number of carbonyl (C=O) groups is 1. The number of rotatable bonds is 3. The monoisotopic (exact) mass is 286 g/mol. The Morgan fingerprint density at radius 1 is 1.24 bits per heavy atom. The molecule has 110 valence electrons. The molecule has 1 aromatic carbocycles. The van der Waals surface area contributed by atoms with Crippen LogP contribution in [0.4, 0.5) is 0 Å². The highest BCUT2D eigenvalue weighted by Gasteiger charge is 2.16. The number of nitrogens with one attached hydrogen (secondary N) is 1. The lowest BCUT2D eigenvalue weighted by atomic mass is 10.2. The van der Waals surface area contributed by atoms with E-state index in [0.717, 1.165) is 26.2 Å². The van der Waals surface area contributed by atoms with Crippen molar-refractivity contribution in [2.45, 2.75) is 13.0 Å². The molecule has 6 heteroatoms. The fraction of sp³-hybridized carbons (Fsp3) is 0.400. The van der Waals surface area contributed by atoms with Crippen LogP contribution in [0.3, 0.4) is 0 Å². The summed E-state index contributed by atoms with van der Waals surface area (Å²) in [7, 11) is 0. The van der Waals surface area contributed by atoms with Gasteiger partial charge in [0.1, 0.15) is 0 Å². The molecule has 0 saturated carbocycles. The Morgan fingerprint density at radius 3 is 2.81 bits per heavy atom. The van der Waals surface area contributed by atoms with E-state index in [1.807, 2.05) is 23.1 Å². The number of hydrogen-bond donors (Lipinski definition) is 1. The first kappa shape index (κ1) is 13.8. The average Bonchev–Trinajstić information content (AvgIpc) is 2.55. The van der Waals surface area contributed by atoms with Crippen molar-refractivity contribution in [2.75, 3.05) is 26.2 Å². The van der Waals surface area contributed by atoms with Crippen molar-refractivity contribution in [3.63, 3.8) is 0 Å². The standard InChI is InChI=1S/C15H18N4O2/c20-14(18-9-6-16-7-10-18)5-8-19-11-17-13-4-2-1-3-12(13)15(19)21/h1-4,11,16H,5-10H2. The minimum atomic E-state index is -0.0892. The molecule has 1 aliphatic heterocycles. The van der Waals surface area contributed by atoms with E-state index in [2.05, 4.69) is 10.3 Å². The van der Waals surface area contributed by atoms with Crippen LogP contribution in [0, 0.1) is 0 Å². The van der Waals surface area contributed by atoms with E-state index in [1.54, 1.807) is 6.07 Å². The maximum absolute atomic E-state index is 12.3.